The molecule has 6 nitrogen and oxygen atoms in total. The van der Waals surface area contributed by atoms with Crippen molar-refractivity contribution in [3.63, 3.8) is 0 Å². The van der Waals surface area contributed by atoms with Gasteiger partial charge in [-0.15, -0.1) is 0 Å². The molecule has 1 heterocycles. The molecular weight excluding hydrogens is 272 g/mol. The Balaban J connectivity index is 2.65. The van der Waals surface area contributed by atoms with Gasteiger partial charge in [0.1, 0.15) is 0 Å². The van der Waals surface area contributed by atoms with Crippen LogP contribution in [0.25, 0.3) is 0 Å². The van der Waals surface area contributed by atoms with Crippen molar-refractivity contribution in [3.05, 3.63) is 29.6 Å². The third-order valence-corrected chi connectivity index (χ3v) is 3.17. The molecule has 1 amide bonds. The summed E-state index contributed by atoms with van der Waals surface area (Å²) >= 11 is 0. The first kappa shape index (κ1) is 17.1. The largest absolute Gasteiger partial charge is 0.469 e. The summed E-state index contributed by atoms with van der Waals surface area (Å²) in [6, 6.07) is 3.76. The third-order valence-electron chi connectivity index (χ3n) is 3.17. The smallest absolute Gasteiger partial charge is 0.307 e. The van der Waals surface area contributed by atoms with Gasteiger partial charge in [0.2, 0.25) is 5.91 Å². The first-order valence-electron chi connectivity index (χ1n) is 6.82. The van der Waals surface area contributed by atoms with Gasteiger partial charge in [-0.2, -0.15) is 0 Å². The second kappa shape index (κ2) is 9.07. The van der Waals surface area contributed by atoms with Crippen LogP contribution in [0.2, 0.25) is 0 Å². The average Bonchev–Trinajstić information content (AvgIpc) is 2.49. The van der Waals surface area contributed by atoms with Crippen LogP contribution in [0.4, 0.5) is 0 Å². The molecule has 116 valence electrons. The van der Waals surface area contributed by atoms with E-state index in [9.17, 15) is 9.59 Å². The molecule has 0 unspecified atom stereocenters. The van der Waals surface area contributed by atoms with Crippen LogP contribution in [0.5, 0.6) is 0 Å². The average molecular weight is 294 g/mol. The zero-order valence-electron chi connectivity index (χ0n) is 12.8. The second-order valence-electron chi connectivity index (χ2n) is 4.64. The van der Waals surface area contributed by atoms with Crippen molar-refractivity contribution in [2.75, 3.05) is 33.9 Å². The molecule has 0 saturated carbocycles. The molecule has 0 fully saturated rings. The number of nitrogens with zero attached hydrogens (tertiary/aromatic N) is 2. The van der Waals surface area contributed by atoms with E-state index < -0.39 is 0 Å². The Bertz CT molecular complexity index is 476. The minimum atomic E-state index is -0.334. The lowest BCUT2D eigenvalue weighted by Gasteiger charge is -2.22. The van der Waals surface area contributed by atoms with E-state index in [1.165, 1.54) is 7.11 Å². The number of rotatable bonds is 8. The Morgan fingerprint density at radius 3 is 2.67 bits per heavy atom. The van der Waals surface area contributed by atoms with Crippen molar-refractivity contribution in [1.82, 2.24) is 9.88 Å². The number of carbonyl (C=O) groups is 2. The molecule has 21 heavy (non-hydrogen) atoms. The molecule has 0 aliphatic heterocycles. The van der Waals surface area contributed by atoms with Gasteiger partial charge in [0.15, 0.2) is 0 Å². The number of pyridine rings is 1. The van der Waals surface area contributed by atoms with Crippen LogP contribution in [0.3, 0.4) is 0 Å². The highest BCUT2D eigenvalue weighted by molar-refractivity contribution is 5.79. The van der Waals surface area contributed by atoms with E-state index in [0.29, 0.717) is 19.7 Å². The number of amides is 1. The van der Waals surface area contributed by atoms with E-state index in [1.807, 2.05) is 19.1 Å². The number of aromatic nitrogens is 1. The summed E-state index contributed by atoms with van der Waals surface area (Å²) < 4.78 is 9.61. The zero-order chi connectivity index (χ0) is 15.7. The Labute approximate surface area is 125 Å². The topological polar surface area (TPSA) is 68.7 Å². The fourth-order valence-corrected chi connectivity index (χ4v) is 1.85. The fraction of sp³-hybridized carbons (Fsp3) is 0.533. The van der Waals surface area contributed by atoms with Crippen LogP contribution in [0.15, 0.2) is 18.3 Å². The van der Waals surface area contributed by atoms with Gasteiger partial charge in [0, 0.05) is 26.4 Å². The van der Waals surface area contributed by atoms with Crippen LogP contribution in [0, 0.1) is 6.92 Å². The van der Waals surface area contributed by atoms with Gasteiger partial charge in [0.05, 0.1) is 32.3 Å². The van der Waals surface area contributed by atoms with Crippen molar-refractivity contribution in [2.24, 2.45) is 0 Å². The summed E-state index contributed by atoms with van der Waals surface area (Å²) in [7, 11) is 2.91. The van der Waals surface area contributed by atoms with E-state index in [1.54, 1.807) is 18.2 Å². The standard InChI is InChI=1S/C15H22N2O4/c1-12-5-4-7-16-13(12)11-14(18)17(9-10-20-2)8-6-15(19)21-3/h4-5,7H,6,8-11H2,1-3H3. The van der Waals surface area contributed by atoms with Crippen LogP contribution in [0.1, 0.15) is 17.7 Å². The maximum absolute atomic E-state index is 12.3. The summed E-state index contributed by atoms with van der Waals surface area (Å²) in [5.41, 5.74) is 1.73. The molecular formula is C15H22N2O4. The van der Waals surface area contributed by atoms with Crippen molar-refractivity contribution >= 4 is 11.9 Å². The highest BCUT2D eigenvalue weighted by atomic mass is 16.5. The fourth-order valence-electron chi connectivity index (χ4n) is 1.85. The van der Waals surface area contributed by atoms with Gasteiger partial charge in [-0.1, -0.05) is 6.07 Å². The molecule has 0 aliphatic rings. The van der Waals surface area contributed by atoms with Gasteiger partial charge < -0.3 is 14.4 Å². The lowest BCUT2D eigenvalue weighted by Crippen LogP contribution is -2.37. The lowest BCUT2D eigenvalue weighted by atomic mass is 10.1. The van der Waals surface area contributed by atoms with E-state index in [2.05, 4.69) is 9.72 Å². The van der Waals surface area contributed by atoms with Crippen LogP contribution < -0.4 is 0 Å². The number of hydrogen-bond acceptors (Lipinski definition) is 5. The third kappa shape index (κ3) is 5.91. The number of ether oxygens (including phenoxy) is 2. The molecule has 0 saturated heterocycles. The maximum atomic E-state index is 12.3. The SMILES string of the molecule is COCCN(CCC(=O)OC)C(=O)Cc1ncccc1C. The highest BCUT2D eigenvalue weighted by Gasteiger charge is 2.16. The van der Waals surface area contributed by atoms with E-state index in [-0.39, 0.29) is 24.7 Å². The number of aryl methyl sites for hydroxylation is 1. The molecule has 0 aliphatic carbocycles. The molecule has 6 heteroatoms. The Morgan fingerprint density at radius 1 is 1.29 bits per heavy atom. The van der Waals surface area contributed by atoms with E-state index in [4.69, 9.17) is 4.74 Å². The van der Waals surface area contributed by atoms with Gasteiger partial charge in [0.25, 0.3) is 0 Å². The molecule has 0 bridgehead atoms. The van der Waals surface area contributed by atoms with Gasteiger partial charge in [-0.05, 0) is 18.6 Å². The number of esters is 1. The van der Waals surface area contributed by atoms with E-state index in [0.717, 1.165) is 11.3 Å². The van der Waals surface area contributed by atoms with Crippen LogP contribution in [-0.4, -0.2) is 55.7 Å². The van der Waals surface area contributed by atoms with Gasteiger partial charge in [-0.3, -0.25) is 14.6 Å². The minimum absolute atomic E-state index is 0.0715. The first-order chi connectivity index (χ1) is 10.1. The van der Waals surface area contributed by atoms with Crippen LogP contribution in [-0.2, 0) is 25.5 Å². The summed E-state index contributed by atoms with van der Waals surface area (Å²) in [4.78, 5) is 29.4. The lowest BCUT2D eigenvalue weighted by molar-refractivity contribution is -0.141. The molecule has 1 aromatic heterocycles. The van der Waals surface area contributed by atoms with Crippen molar-refractivity contribution in [2.45, 2.75) is 19.8 Å². The van der Waals surface area contributed by atoms with Gasteiger partial charge >= 0.3 is 5.97 Å². The molecule has 0 spiro atoms. The zero-order valence-corrected chi connectivity index (χ0v) is 12.8. The molecule has 1 rings (SSSR count). The molecule has 1 aromatic rings. The molecule has 0 N–H and O–H groups in total. The molecule has 0 atom stereocenters. The van der Waals surface area contributed by atoms with Crippen molar-refractivity contribution < 1.29 is 19.1 Å². The Kier molecular flexibility index (Phi) is 7.39. The molecule has 0 radical (unpaired) electrons. The first-order valence-corrected chi connectivity index (χ1v) is 6.82. The second-order valence-corrected chi connectivity index (χ2v) is 4.64. The number of methoxy groups -OCH3 is 2. The predicted octanol–water partition coefficient (Wildman–Crippen LogP) is 0.971. The normalized spacial score (nSPS) is 10.2. The summed E-state index contributed by atoms with van der Waals surface area (Å²) in [5, 5.41) is 0. The predicted molar refractivity (Wildman–Crippen MR) is 77.8 cm³/mol. The van der Waals surface area contributed by atoms with Crippen molar-refractivity contribution in [3.8, 4) is 0 Å². The van der Waals surface area contributed by atoms with Crippen LogP contribution >= 0.6 is 0 Å². The minimum Gasteiger partial charge on any atom is -0.469 e. The molecule has 0 aromatic carbocycles. The van der Waals surface area contributed by atoms with E-state index >= 15 is 0 Å². The summed E-state index contributed by atoms with van der Waals surface area (Å²) in [6.07, 6.45) is 2.06. The van der Waals surface area contributed by atoms with Crippen molar-refractivity contribution in [1.29, 1.82) is 0 Å². The van der Waals surface area contributed by atoms with Gasteiger partial charge in [-0.25, -0.2) is 0 Å². The number of hydrogen-bond donors (Lipinski definition) is 0. The highest BCUT2D eigenvalue weighted by Crippen LogP contribution is 2.07. The summed E-state index contributed by atoms with van der Waals surface area (Å²) in [6.45, 7) is 3.11. The quantitative estimate of drug-likeness (QED) is 0.668. The summed E-state index contributed by atoms with van der Waals surface area (Å²) in [5.74, 6) is -0.406. The monoisotopic (exact) mass is 294 g/mol. The maximum Gasteiger partial charge on any atom is 0.307 e. The number of carbonyl (C=O) groups excluding carboxylic acids is 2. The Hall–Kier alpha value is -1.95. The Morgan fingerprint density at radius 2 is 2.05 bits per heavy atom.